The second kappa shape index (κ2) is 9.71. The Bertz CT molecular complexity index is 1070. The van der Waals surface area contributed by atoms with Crippen molar-refractivity contribution in [2.45, 2.75) is 31.6 Å². The third kappa shape index (κ3) is 4.23. The van der Waals surface area contributed by atoms with Crippen molar-refractivity contribution in [3.8, 4) is 5.75 Å². The quantitative estimate of drug-likeness (QED) is 0.498. The van der Waals surface area contributed by atoms with E-state index < -0.39 is 11.9 Å². The second-order valence-corrected chi connectivity index (χ2v) is 8.88. The first-order chi connectivity index (χ1) is 15.5. The first kappa shape index (κ1) is 22.3. The molecule has 2 aromatic rings. The number of carbonyl (C=O) groups is 2. The molecule has 1 aliphatic carbocycles. The van der Waals surface area contributed by atoms with Gasteiger partial charge in [0, 0.05) is 41.3 Å². The Morgan fingerprint density at radius 2 is 1.94 bits per heavy atom. The summed E-state index contributed by atoms with van der Waals surface area (Å²) in [7, 11) is 3.21. The molecule has 1 aromatic heterocycles. The number of benzene rings is 1. The van der Waals surface area contributed by atoms with Crippen LogP contribution in [0.5, 0.6) is 5.75 Å². The molecule has 4 rings (SSSR count). The van der Waals surface area contributed by atoms with E-state index in [0.717, 1.165) is 27.6 Å². The molecule has 168 valence electrons. The van der Waals surface area contributed by atoms with Gasteiger partial charge >= 0.3 is 5.97 Å². The lowest BCUT2D eigenvalue weighted by atomic mass is 9.73. The highest BCUT2D eigenvalue weighted by Crippen LogP contribution is 2.47. The van der Waals surface area contributed by atoms with E-state index in [1.54, 1.807) is 25.6 Å². The maximum atomic E-state index is 13.5. The number of hydrogen-bond donors (Lipinski definition) is 1. The maximum Gasteiger partial charge on any atom is 0.336 e. The molecule has 1 aromatic carbocycles. The molecular weight excluding hydrogens is 426 g/mol. The van der Waals surface area contributed by atoms with E-state index in [2.05, 4.69) is 5.32 Å². The van der Waals surface area contributed by atoms with Crippen LogP contribution in [0.1, 0.15) is 42.0 Å². The van der Waals surface area contributed by atoms with Gasteiger partial charge in [0.1, 0.15) is 12.4 Å². The fourth-order valence-corrected chi connectivity index (χ4v) is 5.41. The smallest absolute Gasteiger partial charge is 0.336 e. The number of ether oxygens (including phenoxy) is 3. The van der Waals surface area contributed by atoms with Crippen molar-refractivity contribution in [1.82, 2.24) is 5.32 Å². The standard InChI is InChI=1S/C25H27NO5S/c1-15-22(25(28)31-11-10-29-2)24(21-9-6-12-32-21)23-18(26-15)13-16(14-19(23)27)17-7-4-5-8-20(17)30-3/h4-9,12,16,24,26H,10-11,13-14H2,1-3H3/t16-,24+/m0/s1. The Balaban J connectivity index is 1.71. The zero-order valence-corrected chi connectivity index (χ0v) is 19.3. The van der Waals surface area contributed by atoms with Gasteiger partial charge in [-0.3, -0.25) is 4.79 Å². The minimum absolute atomic E-state index is 0.0110. The topological polar surface area (TPSA) is 73.9 Å². The molecule has 32 heavy (non-hydrogen) atoms. The average molecular weight is 454 g/mol. The van der Waals surface area contributed by atoms with Gasteiger partial charge in [0.2, 0.25) is 0 Å². The molecule has 0 spiro atoms. The van der Waals surface area contributed by atoms with Crippen LogP contribution in [-0.2, 0) is 19.1 Å². The summed E-state index contributed by atoms with van der Waals surface area (Å²) < 4.78 is 16.0. The van der Waals surface area contributed by atoms with Crippen LogP contribution < -0.4 is 10.1 Å². The van der Waals surface area contributed by atoms with E-state index in [4.69, 9.17) is 14.2 Å². The highest BCUT2D eigenvalue weighted by molar-refractivity contribution is 7.10. The van der Waals surface area contributed by atoms with Gasteiger partial charge in [-0.15, -0.1) is 11.3 Å². The number of thiophene rings is 1. The Morgan fingerprint density at radius 1 is 1.12 bits per heavy atom. The predicted octanol–water partition coefficient (Wildman–Crippen LogP) is 4.31. The lowest BCUT2D eigenvalue weighted by molar-refractivity contribution is -0.140. The molecule has 0 bridgehead atoms. The van der Waals surface area contributed by atoms with Crippen molar-refractivity contribution in [1.29, 1.82) is 0 Å². The average Bonchev–Trinajstić information content (AvgIpc) is 3.32. The lowest BCUT2D eigenvalue weighted by Crippen LogP contribution is -2.36. The molecule has 0 fully saturated rings. The summed E-state index contributed by atoms with van der Waals surface area (Å²) in [5.41, 5.74) is 3.78. The first-order valence-corrected chi connectivity index (χ1v) is 11.5. The summed E-state index contributed by atoms with van der Waals surface area (Å²) in [5.74, 6) is -0.00153. The van der Waals surface area contributed by atoms with E-state index in [1.165, 1.54) is 0 Å². The number of carbonyl (C=O) groups excluding carboxylic acids is 2. The predicted molar refractivity (Wildman–Crippen MR) is 123 cm³/mol. The summed E-state index contributed by atoms with van der Waals surface area (Å²) in [4.78, 5) is 27.5. The fourth-order valence-electron chi connectivity index (χ4n) is 4.57. The third-order valence-corrected chi connectivity index (χ3v) is 6.91. The third-order valence-electron chi connectivity index (χ3n) is 5.97. The van der Waals surface area contributed by atoms with E-state index in [-0.39, 0.29) is 18.3 Å². The minimum atomic E-state index is -0.424. The molecule has 7 heteroatoms. The van der Waals surface area contributed by atoms with Crippen molar-refractivity contribution in [3.63, 3.8) is 0 Å². The Kier molecular flexibility index (Phi) is 6.77. The molecule has 0 unspecified atom stereocenters. The van der Waals surface area contributed by atoms with Crippen LogP contribution in [0.3, 0.4) is 0 Å². The van der Waals surface area contributed by atoms with Crippen LogP contribution in [0.2, 0.25) is 0 Å². The summed E-state index contributed by atoms with van der Waals surface area (Å²) in [6.07, 6.45) is 1.04. The molecular formula is C25H27NO5S. The van der Waals surface area contributed by atoms with Gasteiger partial charge in [0.05, 0.1) is 25.2 Å². The van der Waals surface area contributed by atoms with Gasteiger partial charge in [-0.2, -0.15) is 0 Å². The molecule has 0 amide bonds. The molecule has 2 atom stereocenters. The van der Waals surface area contributed by atoms with Gasteiger partial charge in [-0.25, -0.2) is 4.79 Å². The number of nitrogens with one attached hydrogen (secondary N) is 1. The van der Waals surface area contributed by atoms with Crippen molar-refractivity contribution in [2.24, 2.45) is 0 Å². The number of para-hydroxylation sites is 1. The van der Waals surface area contributed by atoms with Crippen LogP contribution >= 0.6 is 11.3 Å². The molecule has 1 N–H and O–H groups in total. The monoisotopic (exact) mass is 453 g/mol. The molecule has 2 aliphatic rings. The van der Waals surface area contributed by atoms with E-state index in [9.17, 15) is 9.59 Å². The fraction of sp³-hybridized carbons (Fsp3) is 0.360. The Labute approximate surface area is 191 Å². The minimum Gasteiger partial charge on any atom is -0.496 e. The van der Waals surface area contributed by atoms with Crippen LogP contribution in [0.25, 0.3) is 0 Å². The number of allylic oxidation sites excluding steroid dienone is 3. The lowest BCUT2D eigenvalue weighted by Gasteiger charge is -2.36. The van der Waals surface area contributed by atoms with E-state index in [1.807, 2.05) is 48.7 Å². The SMILES string of the molecule is COCCOC(=O)C1=C(C)NC2=C(C(=O)C[C@@H](c3ccccc3OC)C2)[C@@H]1c1cccs1. The van der Waals surface area contributed by atoms with E-state index in [0.29, 0.717) is 30.6 Å². The molecule has 0 saturated carbocycles. The van der Waals surface area contributed by atoms with Crippen LogP contribution in [-0.4, -0.2) is 39.2 Å². The zero-order chi connectivity index (χ0) is 22.7. The zero-order valence-electron chi connectivity index (χ0n) is 18.5. The highest BCUT2D eigenvalue weighted by Gasteiger charge is 2.42. The van der Waals surface area contributed by atoms with Crippen molar-refractivity contribution < 1.29 is 23.8 Å². The van der Waals surface area contributed by atoms with Crippen molar-refractivity contribution in [2.75, 3.05) is 27.4 Å². The van der Waals surface area contributed by atoms with Gasteiger partial charge in [-0.05, 0) is 36.4 Å². The van der Waals surface area contributed by atoms with Crippen LogP contribution in [0.4, 0.5) is 0 Å². The molecule has 6 nitrogen and oxygen atoms in total. The van der Waals surface area contributed by atoms with E-state index >= 15 is 0 Å². The number of ketones is 1. The van der Waals surface area contributed by atoms with Gasteiger partial charge in [0.15, 0.2) is 5.78 Å². The molecule has 0 radical (unpaired) electrons. The Morgan fingerprint density at radius 3 is 2.66 bits per heavy atom. The number of methoxy groups -OCH3 is 2. The molecule has 1 aliphatic heterocycles. The summed E-state index contributed by atoms with van der Waals surface area (Å²) in [6.45, 7) is 2.36. The van der Waals surface area contributed by atoms with Crippen molar-refractivity contribution >= 4 is 23.1 Å². The summed E-state index contributed by atoms with van der Waals surface area (Å²) in [5, 5.41) is 5.33. The number of Topliss-reactive ketones (excluding diaryl/α,β-unsaturated/α-hetero) is 1. The number of hydrogen-bond acceptors (Lipinski definition) is 7. The number of dihydropyridines is 1. The normalized spacial score (nSPS) is 20.7. The summed E-state index contributed by atoms with van der Waals surface area (Å²) >= 11 is 1.54. The first-order valence-electron chi connectivity index (χ1n) is 10.6. The molecule has 0 saturated heterocycles. The molecule has 2 heterocycles. The van der Waals surface area contributed by atoms with Crippen LogP contribution in [0.15, 0.2) is 64.3 Å². The maximum absolute atomic E-state index is 13.5. The highest BCUT2D eigenvalue weighted by atomic mass is 32.1. The van der Waals surface area contributed by atoms with Gasteiger partial charge in [-0.1, -0.05) is 24.3 Å². The van der Waals surface area contributed by atoms with Gasteiger partial charge < -0.3 is 19.5 Å². The van der Waals surface area contributed by atoms with Crippen molar-refractivity contribution in [3.05, 3.63) is 74.8 Å². The summed E-state index contributed by atoms with van der Waals surface area (Å²) in [6, 6.07) is 11.7. The number of rotatable bonds is 7. The second-order valence-electron chi connectivity index (χ2n) is 7.90. The number of esters is 1. The Hall–Kier alpha value is -2.90. The van der Waals surface area contributed by atoms with Gasteiger partial charge in [0.25, 0.3) is 0 Å². The van der Waals surface area contributed by atoms with Crippen LogP contribution in [0, 0.1) is 0 Å². The largest absolute Gasteiger partial charge is 0.496 e.